The third-order valence-electron chi connectivity index (χ3n) is 3.33. The molecule has 1 aromatic carbocycles. The Morgan fingerprint density at radius 1 is 1.29 bits per heavy atom. The van der Waals surface area contributed by atoms with Gasteiger partial charge in [-0.3, -0.25) is 4.72 Å². The molecule has 0 unspecified atom stereocenters. The van der Waals surface area contributed by atoms with E-state index in [9.17, 15) is 8.42 Å². The third kappa shape index (κ3) is 1.92. The van der Waals surface area contributed by atoms with Crippen molar-refractivity contribution in [3.63, 3.8) is 0 Å². The minimum Gasteiger partial charge on any atom is -0.315 e. The van der Waals surface area contributed by atoms with Crippen molar-refractivity contribution in [2.45, 2.75) is 19.0 Å². The fourth-order valence-corrected chi connectivity index (χ4v) is 3.89. The summed E-state index contributed by atoms with van der Waals surface area (Å²) in [6.45, 7) is 2.10. The van der Waals surface area contributed by atoms with Crippen LogP contribution in [0.1, 0.15) is 12.0 Å². The van der Waals surface area contributed by atoms with Crippen LogP contribution in [-0.4, -0.2) is 31.9 Å². The monoisotopic (exact) mass is 253 g/mol. The van der Waals surface area contributed by atoms with Crippen LogP contribution in [0.25, 0.3) is 0 Å². The lowest BCUT2D eigenvalue weighted by Gasteiger charge is -2.32. The Morgan fingerprint density at radius 2 is 2.12 bits per heavy atom. The van der Waals surface area contributed by atoms with Gasteiger partial charge in [0.15, 0.2) is 0 Å². The first-order chi connectivity index (χ1) is 8.17. The highest BCUT2D eigenvalue weighted by atomic mass is 32.2. The highest BCUT2D eigenvalue weighted by molar-refractivity contribution is 7.90. The van der Waals surface area contributed by atoms with Crippen LogP contribution < -0.4 is 10.0 Å². The van der Waals surface area contributed by atoms with Gasteiger partial charge in [0.1, 0.15) is 0 Å². The smallest absolute Gasteiger partial charge is 0.302 e. The summed E-state index contributed by atoms with van der Waals surface area (Å²) in [5, 5.41) is 3.20. The standard InChI is InChI=1S/C11H15N3O2S/c15-17(16)13-11-4-2-1-3-9(11)8-14(17)10-5-6-12-7-10/h1-4,10,12-13H,5-8H2/t10-/m1/s1. The van der Waals surface area contributed by atoms with Crippen LogP contribution in [0.3, 0.4) is 0 Å². The minimum absolute atomic E-state index is 0.0702. The van der Waals surface area contributed by atoms with Crippen molar-refractivity contribution in [2.75, 3.05) is 17.8 Å². The van der Waals surface area contributed by atoms with Crippen molar-refractivity contribution in [1.29, 1.82) is 0 Å². The zero-order chi connectivity index (χ0) is 11.9. The van der Waals surface area contributed by atoms with Gasteiger partial charge in [0.2, 0.25) is 0 Å². The number of anilines is 1. The molecule has 1 fully saturated rings. The second kappa shape index (κ2) is 3.97. The van der Waals surface area contributed by atoms with Gasteiger partial charge < -0.3 is 5.32 Å². The second-order valence-corrected chi connectivity index (χ2v) is 6.08. The highest BCUT2D eigenvalue weighted by Gasteiger charge is 2.35. The summed E-state index contributed by atoms with van der Waals surface area (Å²) in [6.07, 6.45) is 0.878. The molecule has 0 aliphatic carbocycles. The van der Waals surface area contributed by atoms with Crippen molar-refractivity contribution >= 4 is 15.9 Å². The van der Waals surface area contributed by atoms with Crippen LogP contribution >= 0.6 is 0 Å². The third-order valence-corrected chi connectivity index (χ3v) is 4.86. The highest BCUT2D eigenvalue weighted by Crippen LogP contribution is 2.28. The van der Waals surface area contributed by atoms with E-state index in [2.05, 4.69) is 10.0 Å². The predicted molar refractivity (Wildman–Crippen MR) is 65.8 cm³/mol. The van der Waals surface area contributed by atoms with Crippen LogP contribution in [0, 0.1) is 0 Å². The first kappa shape index (κ1) is 11.0. The Labute approximate surface area is 101 Å². The number of fused-ring (bicyclic) bond motifs is 1. The van der Waals surface area contributed by atoms with E-state index in [4.69, 9.17) is 0 Å². The SMILES string of the molecule is O=S1(=O)Nc2ccccc2CN1[C@@H]1CCNC1. The predicted octanol–water partition coefficient (Wildman–Crippen LogP) is 0.521. The normalized spacial score (nSPS) is 27.4. The molecular formula is C11H15N3O2S. The molecule has 0 radical (unpaired) electrons. The van der Waals surface area contributed by atoms with E-state index >= 15 is 0 Å². The van der Waals surface area contributed by atoms with Crippen molar-refractivity contribution in [3.8, 4) is 0 Å². The molecule has 0 bridgehead atoms. The van der Waals surface area contributed by atoms with Gasteiger partial charge in [-0.25, -0.2) is 0 Å². The molecule has 0 aromatic heterocycles. The molecule has 92 valence electrons. The van der Waals surface area contributed by atoms with Crippen LogP contribution in [0.5, 0.6) is 0 Å². The molecule has 2 aliphatic heterocycles. The number of hydrogen-bond acceptors (Lipinski definition) is 3. The second-order valence-electron chi connectivity index (χ2n) is 4.46. The fourth-order valence-electron chi connectivity index (χ4n) is 2.42. The quantitative estimate of drug-likeness (QED) is 0.767. The van der Waals surface area contributed by atoms with Crippen molar-refractivity contribution in [3.05, 3.63) is 29.8 Å². The maximum absolute atomic E-state index is 12.1. The Morgan fingerprint density at radius 3 is 2.88 bits per heavy atom. The van der Waals surface area contributed by atoms with Gasteiger partial charge in [-0.2, -0.15) is 12.7 Å². The molecular weight excluding hydrogens is 238 g/mol. The Bertz CT molecular complexity index is 523. The van der Waals surface area contributed by atoms with Crippen molar-refractivity contribution in [1.82, 2.24) is 9.62 Å². The number of nitrogens with zero attached hydrogens (tertiary/aromatic N) is 1. The molecule has 0 saturated carbocycles. The Hall–Kier alpha value is -1.11. The van der Waals surface area contributed by atoms with E-state index in [-0.39, 0.29) is 6.04 Å². The summed E-state index contributed by atoms with van der Waals surface area (Å²) in [6, 6.07) is 7.61. The lowest BCUT2D eigenvalue weighted by molar-refractivity contribution is 0.328. The Balaban J connectivity index is 1.96. The summed E-state index contributed by atoms with van der Waals surface area (Å²) in [5.74, 6) is 0. The molecule has 1 atom stereocenters. The first-order valence-electron chi connectivity index (χ1n) is 5.75. The summed E-state index contributed by atoms with van der Waals surface area (Å²) in [4.78, 5) is 0. The van der Waals surface area contributed by atoms with Crippen LogP contribution in [0.2, 0.25) is 0 Å². The molecule has 2 aliphatic rings. The number of para-hydroxylation sites is 1. The first-order valence-corrected chi connectivity index (χ1v) is 7.19. The zero-order valence-corrected chi connectivity index (χ0v) is 10.2. The fraction of sp³-hybridized carbons (Fsp3) is 0.455. The summed E-state index contributed by atoms with van der Waals surface area (Å²) >= 11 is 0. The van der Waals surface area contributed by atoms with Gasteiger partial charge in [0.05, 0.1) is 5.69 Å². The lowest BCUT2D eigenvalue weighted by atomic mass is 10.1. The maximum Gasteiger partial charge on any atom is 0.302 e. The molecule has 0 spiro atoms. The summed E-state index contributed by atoms with van der Waals surface area (Å²) < 4.78 is 28.4. The van der Waals surface area contributed by atoms with Crippen molar-refractivity contribution in [2.24, 2.45) is 0 Å². The summed E-state index contributed by atoms with van der Waals surface area (Å²) in [7, 11) is -3.38. The average molecular weight is 253 g/mol. The van der Waals surface area contributed by atoms with Crippen LogP contribution in [0.4, 0.5) is 5.69 Å². The molecule has 6 heteroatoms. The van der Waals surface area contributed by atoms with Gasteiger partial charge in [-0.1, -0.05) is 18.2 Å². The molecule has 2 N–H and O–H groups in total. The van der Waals surface area contributed by atoms with Gasteiger partial charge in [-0.05, 0) is 24.6 Å². The molecule has 5 nitrogen and oxygen atoms in total. The number of nitrogens with one attached hydrogen (secondary N) is 2. The number of hydrogen-bond donors (Lipinski definition) is 2. The van der Waals surface area contributed by atoms with Gasteiger partial charge >= 0.3 is 10.2 Å². The van der Waals surface area contributed by atoms with Crippen LogP contribution in [0.15, 0.2) is 24.3 Å². The van der Waals surface area contributed by atoms with E-state index in [1.807, 2.05) is 18.2 Å². The largest absolute Gasteiger partial charge is 0.315 e. The van der Waals surface area contributed by atoms with Gasteiger partial charge in [0.25, 0.3) is 0 Å². The lowest BCUT2D eigenvalue weighted by Crippen LogP contribution is -2.46. The molecule has 1 aromatic rings. The van der Waals surface area contributed by atoms with Crippen LogP contribution in [-0.2, 0) is 16.8 Å². The zero-order valence-electron chi connectivity index (χ0n) is 9.39. The summed E-state index contributed by atoms with van der Waals surface area (Å²) in [5.41, 5.74) is 1.74. The van der Waals surface area contributed by atoms with E-state index in [1.165, 1.54) is 0 Å². The molecule has 2 heterocycles. The van der Waals surface area contributed by atoms with Crippen molar-refractivity contribution < 1.29 is 8.42 Å². The molecule has 3 rings (SSSR count). The minimum atomic E-state index is -3.38. The van der Waals surface area contributed by atoms with Gasteiger partial charge in [-0.15, -0.1) is 0 Å². The average Bonchev–Trinajstić information content (AvgIpc) is 2.80. The molecule has 0 amide bonds. The molecule has 17 heavy (non-hydrogen) atoms. The number of benzene rings is 1. The van der Waals surface area contributed by atoms with Gasteiger partial charge in [0, 0.05) is 19.1 Å². The van der Waals surface area contributed by atoms with E-state index in [0.29, 0.717) is 12.2 Å². The van der Waals surface area contributed by atoms with E-state index in [1.54, 1.807) is 10.4 Å². The molecule has 1 saturated heterocycles. The Kier molecular flexibility index (Phi) is 2.57. The number of rotatable bonds is 1. The topological polar surface area (TPSA) is 61.4 Å². The van der Waals surface area contributed by atoms with E-state index < -0.39 is 10.2 Å². The maximum atomic E-state index is 12.1. The van der Waals surface area contributed by atoms with E-state index in [0.717, 1.165) is 25.1 Å².